The molecule has 3 N–H and O–H groups in total. The molecule has 2 rings (SSSR count). The molecule has 0 heterocycles. The Balaban J connectivity index is 2.28. The van der Waals surface area contributed by atoms with Crippen molar-refractivity contribution in [1.29, 1.82) is 0 Å². The minimum atomic E-state index is -0.308. The molecule has 0 aliphatic carbocycles. The fraction of sp³-hybridized carbons (Fsp3) is 0.143. The van der Waals surface area contributed by atoms with E-state index in [1.54, 1.807) is 18.2 Å². The van der Waals surface area contributed by atoms with Gasteiger partial charge in [-0.3, -0.25) is 11.3 Å². The van der Waals surface area contributed by atoms with Gasteiger partial charge < -0.3 is 0 Å². The third-order valence-electron chi connectivity index (χ3n) is 2.96. The summed E-state index contributed by atoms with van der Waals surface area (Å²) < 4.78 is 14.2. The number of rotatable bonds is 4. The normalized spacial score (nSPS) is 12.4. The molecule has 0 saturated heterocycles. The topological polar surface area (TPSA) is 38.0 Å². The van der Waals surface area contributed by atoms with Gasteiger partial charge in [0.1, 0.15) is 5.82 Å². The van der Waals surface area contributed by atoms with Gasteiger partial charge in [0.25, 0.3) is 0 Å². The van der Waals surface area contributed by atoms with E-state index in [-0.39, 0.29) is 11.9 Å². The molecule has 0 aliphatic rings. The van der Waals surface area contributed by atoms with Crippen molar-refractivity contribution in [2.75, 3.05) is 0 Å². The molecule has 2 nitrogen and oxygen atoms in total. The third-order valence-corrected chi connectivity index (χ3v) is 4.42. The summed E-state index contributed by atoms with van der Waals surface area (Å²) in [7, 11) is 0. The van der Waals surface area contributed by atoms with E-state index >= 15 is 0 Å². The molecule has 106 valence electrons. The number of halogens is 4. The Morgan fingerprint density at radius 1 is 1.15 bits per heavy atom. The highest BCUT2D eigenvalue weighted by Gasteiger charge is 2.15. The summed E-state index contributed by atoms with van der Waals surface area (Å²) in [5.41, 5.74) is 4.40. The summed E-state index contributed by atoms with van der Waals surface area (Å²) in [6.45, 7) is 0. The highest BCUT2D eigenvalue weighted by molar-refractivity contribution is 9.10. The number of hydrogen-bond donors (Lipinski definition) is 2. The second-order valence-corrected chi connectivity index (χ2v) is 6.01. The predicted molar refractivity (Wildman–Crippen MR) is 84.3 cm³/mol. The fourth-order valence-corrected chi connectivity index (χ4v) is 2.79. The smallest absolute Gasteiger partial charge is 0.123 e. The van der Waals surface area contributed by atoms with Gasteiger partial charge in [0.15, 0.2) is 0 Å². The number of hydrogen-bond acceptors (Lipinski definition) is 2. The highest BCUT2D eigenvalue weighted by Crippen LogP contribution is 2.29. The van der Waals surface area contributed by atoms with Crippen LogP contribution in [0.1, 0.15) is 17.2 Å². The number of nitrogens with two attached hydrogens (primary N) is 1. The fourth-order valence-electron chi connectivity index (χ4n) is 1.94. The molecule has 20 heavy (non-hydrogen) atoms. The molecule has 2 aromatic carbocycles. The second kappa shape index (κ2) is 6.87. The molecule has 0 spiro atoms. The zero-order valence-electron chi connectivity index (χ0n) is 10.3. The minimum Gasteiger partial charge on any atom is -0.271 e. The largest absolute Gasteiger partial charge is 0.271 e. The van der Waals surface area contributed by atoms with Gasteiger partial charge in [0.05, 0.1) is 16.1 Å². The number of benzene rings is 2. The lowest BCUT2D eigenvalue weighted by Crippen LogP contribution is -2.30. The molecular formula is C14H12BrCl2FN2. The summed E-state index contributed by atoms with van der Waals surface area (Å²) in [6, 6.07) is 9.63. The van der Waals surface area contributed by atoms with E-state index in [9.17, 15) is 4.39 Å². The van der Waals surface area contributed by atoms with E-state index in [2.05, 4.69) is 21.4 Å². The van der Waals surface area contributed by atoms with Gasteiger partial charge in [-0.05, 0) is 47.9 Å². The van der Waals surface area contributed by atoms with Gasteiger partial charge in [-0.1, -0.05) is 45.2 Å². The average molecular weight is 378 g/mol. The van der Waals surface area contributed by atoms with Crippen LogP contribution in [0.3, 0.4) is 0 Å². The van der Waals surface area contributed by atoms with E-state index in [4.69, 9.17) is 29.0 Å². The maximum atomic E-state index is 13.4. The Labute approximate surface area is 135 Å². The van der Waals surface area contributed by atoms with E-state index in [0.29, 0.717) is 16.5 Å². The maximum absolute atomic E-state index is 13.4. The quantitative estimate of drug-likeness (QED) is 0.601. The van der Waals surface area contributed by atoms with Crippen molar-refractivity contribution in [2.24, 2.45) is 5.84 Å². The third kappa shape index (κ3) is 3.71. The summed E-state index contributed by atoms with van der Waals surface area (Å²) in [5, 5.41) is 0.984. The second-order valence-electron chi connectivity index (χ2n) is 4.34. The van der Waals surface area contributed by atoms with E-state index < -0.39 is 0 Å². The van der Waals surface area contributed by atoms with E-state index in [1.165, 1.54) is 12.1 Å². The first kappa shape index (κ1) is 15.7. The monoisotopic (exact) mass is 376 g/mol. The zero-order valence-corrected chi connectivity index (χ0v) is 13.4. The van der Waals surface area contributed by atoms with Gasteiger partial charge in [0.2, 0.25) is 0 Å². The van der Waals surface area contributed by atoms with Crippen LogP contribution in [0.4, 0.5) is 4.39 Å². The van der Waals surface area contributed by atoms with Crippen LogP contribution >= 0.6 is 39.1 Å². The summed E-state index contributed by atoms with van der Waals surface area (Å²) in [5.74, 6) is 5.28. The Morgan fingerprint density at radius 2 is 1.90 bits per heavy atom. The van der Waals surface area contributed by atoms with Crippen LogP contribution in [0.2, 0.25) is 10.0 Å². The van der Waals surface area contributed by atoms with Crippen molar-refractivity contribution < 1.29 is 4.39 Å². The van der Waals surface area contributed by atoms with Crippen LogP contribution in [0.5, 0.6) is 0 Å². The molecule has 0 amide bonds. The highest BCUT2D eigenvalue weighted by atomic mass is 79.9. The van der Waals surface area contributed by atoms with Crippen LogP contribution in [0.25, 0.3) is 0 Å². The number of nitrogens with one attached hydrogen (secondary N) is 1. The molecule has 0 radical (unpaired) electrons. The van der Waals surface area contributed by atoms with Crippen molar-refractivity contribution >= 4 is 39.1 Å². The first-order valence-corrected chi connectivity index (χ1v) is 7.41. The van der Waals surface area contributed by atoms with Gasteiger partial charge in [-0.2, -0.15) is 0 Å². The molecule has 1 atom stereocenters. The van der Waals surface area contributed by atoms with Crippen molar-refractivity contribution in [2.45, 2.75) is 12.5 Å². The van der Waals surface area contributed by atoms with Crippen LogP contribution in [0, 0.1) is 5.82 Å². The molecule has 0 saturated carbocycles. The standard InChI is InChI=1S/C14H12BrCl2FN2/c15-11-3-2-9(18)7-10(11)14(20-19)6-8-1-4-12(16)13(17)5-8/h1-5,7,14,20H,6,19H2. The van der Waals surface area contributed by atoms with Crippen LogP contribution in [-0.2, 0) is 6.42 Å². The zero-order chi connectivity index (χ0) is 14.7. The molecule has 0 aromatic heterocycles. The first-order chi connectivity index (χ1) is 9.51. The van der Waals surface area contributed by atoms with Gasteiger partial charge in [-0.25, -0.2) is 4.39 Å². The Kier molecular flexibility index (Phi) is 5.41. The SMILES string of the molecule is NNC(Cc1ccc(Cl)c(Cl)c1)c1cc(F)ccc1Br. The molecular weight excluding hydrogens is 366 g/mol. The van der Waals surface area contributed by atoms with Crippen LogP contribution < -0.4 is 11.3 Å². The Hall–Kier alpha value is -0.650. The Morgan fingerprint density at radius 3 is 2.55 bits per heavy atom. The maximum Gasteiger partial charge on any atom is 0.123 e. The molecule has 6 heteroatoms. The van der Waals surface area contributed by atoms with E-state index in [1.807, 2.05) is 6.07 Å². The van der Waals surface area contributed by atoms with Crippen LogP contribution in [0.15, 0.2) is 40.9 Å². The van der Waals surface area contributed by atoms with Gasteiger partial charge >= 0.3 is 0 Å². The minimum absolute atomic E-state index is 0.239. The van der Waals surface area contributed by atoms with Crippen molar-refractivity contribution in [3.63, 3.8) is 0 Å². The molecule has 1 unspecified atom stereocenters. The van der Waals surface area contributed by atoms with Gasteiger partial charge in [0, 0.05) is 4.47 Å². The van der Waals surface area contributed by atoms with Crippen molar-refractivity contribution in [3.05, 3.63) is 67.9 Å². The van der Waals surface area contributed by atoms with E-state index in [0.717, 1.165) is 15.6 Å². The lowest BCUT2D eigenvalue weighted by molar-refractivity contribution is 0.542. The molecule has 0 aliphatic heterocycles. The Bertz CT molecular complexity index is 622. The van der Waals surface area contributed by atoms with Gasteiger partial charge in [-0.15, -0.1) is 0 Å². The van der Waals surface area contributed by atoms with Crippen LogP contribution in [-0.4, -0.2) is 0 Å². The molecule has 0 fully saturated rings. The molecule has 0 bridgehead atoms. The lowest BCUT2D eigenvalue weighted by atomic mass is 9.99. The number of hydrazine groups is 1. The predicted octanol–water partition coefficient (Wildman–Crippen LogP) is 4.64. The summed E-state index contributed by atoms with van der Waals surface area (Å²) in [6.07, 6.45) is 0.565. The first-order valence-electron chi connectivity index (χ1n) is 5.86. The summed E-state index contributed by atoms with van der Waals surface area (Å²) >= 11 is 15.3. The van der Waals surface area contributed by atoms with Crippen molar-refractivity contribution in [1.82, 2.24) is 5.43 Å². The summed E-state index contributed by atoms with van der Waals surface area (Å²) in [4.78, 5) is 0. The average Bonchev–Trinajstić information content (AvgIpc) is 2.43. The lowest BCUT2D eigenvalue weighted by Gasteiger charge is -2.18. The van der Waals surface area contributed by atoms with Crippen molar-refractivity contribution in [3.8, 4) is 0 Å². The molecule has 2 aromatic rings.